The molecule has 1 atom stereocenters. The van der Waals surface area contributed by atoms with E-state index < -0.39 is 4.92 Å². The average Bonchev–Trinajstić information content (AvgIpc) is 2.27. The van der Waals surface area contributed by atoms with Crippen LogP contribution in [0, 0.1) is 10.1 Å². The Balaban J connectivity index is 2.98. The van der Waals surface area contributed by atoms with Crippen LogP contribution in [0.15, 0.2) is 22.7 Å². The first-order valence-electron chi connectivity index (χ1n) is 4.99. The Labute approximate surface area is 102 Å². The summed E-state index contributed by atoms with van der Waals surface area (Å²) in [5.41, 5.74) is 6.11. The Bertz CT molecular complexity index is 380. The zero-order valence-electron chi connectivity index (χ0n) is 8.94. The zero-order valence-corrected chi connectivity index (χ0v) is 10.5. The first-order chi connectivity index (χ1) is 7.58. The fourth-order valence-electron chi connectivity index (χ4n) is 1.33. The Morgan fingerprint density at radius 2 is 2.31 bits per heavy atom. The molecule has 1 aromatic rings. The van der Waals surface area contributed by atoms with E-state index in [9.17, 15) is 10.1 Å². The summed E-state index contributed by atoms with van der Waals surface area (Å²) in [6, 6.07) is 4.98. The summed E-state index contributed by atoms with van der Waals surface area (Å²) in [7, 11) is 0. The summed E-state index contributed by atoms with van der Waals surface area (Å²) < 4.78 is 0.686. The number of nitrogens with two attached hydrogens (primary N) is 1. The van der Waals surface area contributed by atoms with Crippen molar-refractivity contribution in [3.05, 3.63) is 32.8 Å². The third-order valence-corrected chi connectivity index (χ3v) is 2.79. The molecule has 3 N–H and O–H groups in total. The van der Waals surface area contributed by atoms with Crippen molar-refractivity contribution in [1.29, 1.82) is 0 Å². The van der Waals surface area contributed by atoms with Crippen molar-refractivity contribution < 1.29 is 4.92 Å². The maximum atomic E-state index is 10.8. The van der Waals surface area contributed by atoms with E-state index in [1.54, 1.807) is 12.1 Å². The minimum atomic E-state index is -0.406. The largest absolute Gasteiger partial charge is 0.375 e. The molecule has 1 aromatic carbocycles. The minimum absolute atomic E-state index is 0.0554. The number of hydrogen-bond donors (Lipinski definition) is 2. The number of benzene rings is 1. The third-order valence-electron chi connectivity index (χ3n) is 2.29. The zero-order chi connectivity index (χ0) is 12.1. The van der Waals surface area contributed by atoms with Crippen LogP contribution in [-0.4, -0.2) is 17.5 Å². The summed E-state index contributed by atoms with van der Waals surface area (Å²) in [6.07, 6.45) is 0.823. The van der Waals surface area contributed by atoms with Crippen LogP contribution in [0.2, 0.25) is 0 Å². The van der Waals surface area contributed by atoms with E-state index in [0.29, 0.717) is 16.7 Å². The van der Waals surface area contributed by atoms with Gasteiger partial charge in [0, 0.05) is 23.1 Å². The second-order valence-corrected chi connectivity index (χ2v) is 4.32. The molecule has 5 nitrogen and oxygen atoms in total. The van der Waals surface area contributed by atoms with Crippen LogP contribution in [0.25, 0.3) is 0 Å². The molecule has 0 bridgehead atoms. The number of nitrogens with zero attached hydrogens (tertiary/aromatic N) is 1. The molecule has 0 aromatic heterocycles. The minimum Gasteiger partial charge on any atom is -0.375 e. The highest BCUT2D eigenvalue weighted by Crippen LogP contribution is 2.28. The maximum Gasteiger partial charge on any atom is 0.293 e. The predicted molar refractivity (Wildman–Crippen MR) is 67.6 cm³/mol. The van der Waals surface area contributed by atoms with Crippen molar-refractivity contribution in [1.82, 2.24) is 0 Å². The van der Waals surface area contributed by atoms with Crippen LogP contribution in [-0.2, 0) is 0 Å². The van der Waals surface area contributed by atoms with Crippen molar-refractivity contribution in [3.8, 4) is 0 Å². The SMILES string of the molecule is CCC(CN)Nc1ccc(Br)cc1[N+](=O)[O-]. The van der Waals surface area contributed by atoms with Crippen LogP contribution < -0.4 is 11.1 Å². The molecule has 0 aliphatic rings. The Morgan fingerprint density at radius 1 is 1.62 bits per heavy atom. The smallest absolute Gasteiger partial charge is 0.293 e. The maximum absolute atomic E-state index is 10.8. The van der Waals surface area contributed by atoms with Gasteiger partial charge in [-0.05, 0) is 18.6 Å². The summed E-state index contributed by atoms with van der Waals surface area (Å²) in [5, 5.41) is 13.9. The molecule has 1 rings (SSSR count). The molecule has 0 amide bonds. The van der Waals surface area contributed by atoms with E-state index in [4.69, 9.17) is 5.73 Å². The number of rotatable bonds is 5. The lowest BCUT2D eigenvalue weighted by atomic mass is 10.2. The molecular weight excluding hydrogens is 274 g/mol. The van der Waals surface area contributed by atoms with Gasteiger partial charge in [-0.1, -0.05) is 22.9 Å². The van der Waals surface area contributed by atoms with Crippen molar-refractivity contribution in [2.45, 2.75) is 19.4 Å². The van der Waals surface area contributed by atoms with Gasteiger partial charge in [0.1, 0.15) is 5.69 Å². The fraction of sp³-hybridized carbons (Fsp3) is 0.400. The summed E-state index contributed by atoms with van der Waals surface area (Å²) in [5.74, 6) is 0. The number of hydrogen-bond acceptors (Lipinski definition) is 4. The second kappa shape index (κ2) is 5.81. The summed E-state index contributed by atoms with van der Waals surface area (Å²) in [4.78, 5) is 10.4. The van der Waals surface area contributed by atoms with Gasteiger partial charge in [0.2, 0.25) is 0 Å². The molecule has 0 heterocycles. The van der Waals surface area contributed by atoms with Gasteiger partial charge in [-0.15, -0.1) is 0 Å². The van der Waals surface area contributed by atoms with Gasteiger partial charge in [0.15, 0.2) is 0 Å². The van der Waals surface area contributed by atoms with Gasteiger partial charge in [0.25, 0.3) is 5.69 Å². The van der Waals surface area contributed by atoms with Gasteiger partial charge in [-0.2, -0.15) is 0 Å². The number of halogens is 1. The fourth-order valence-corrected chi connectivity index (χ4v) is 1.67. The molecule has 0 saturated carbocycles. The van der Waals surface area contributed by atoms with Gasteiger partial charge < -0.3 is 11.1 Å². The van der Waals surface area contributed by atoms with E-state index >= 15 is 0 Å². The number of nitrogens with one attached hydrogen (secondary N) is 1. The lowest BCUT2D eigenvalue weighted by Gasteiger charge is -2.15. The Kier molecular flexibility index (Phi) is 4.70. The highest BCUT2D eigenvalue weighted by Gasteiger charge is 2.16. The van der Waals surface area contributed by atoms with E-state index in [0.717, 1.165) is 6.42 Å². The molecule has 0 aliphatic carbocycles. The summed E-state index contributed by atoms with van der Waals surface area (Å²) >= 11 is 3.21. The molecule has 1 unspecified atom stereocenters. The van der Waals surface area contributed by atoms with E-state index in [1.165, 1.54) is 6.07 Å². The van der Waals surface area contributed by atoms with Crippen LogP contribution in [0.3, 0.4) is 0 Å². The van der Waals surface area contributed by atoms with Gasteiger partial charge >= 0.3 is 0 Å². The Morgan fingerprint density at radius 3 is 2.81 bits per heavy atom. The topological polar surface area (TPSA) is 81.2 Å². The molecule has 6 heteroatoms. The van der Waals surface area contributed by atoms with Crippen molar-refractivity contribution >= 4 is 27.3 Å². The average molecular weight is 288 g/mol. The third kappa shape index (κ3) is 3.18. The van der Waals surface area contributed by atoms with Crippen LogP contribution in [0.4, 0.5) is 11.4 Å². The molecule has 0 radical (unpaired) electrons. The molecular formula is C10H14BrN3O2. The van der Waals surface area contributed by atoms with E-state index in [2.05, 4.69) is 21.2 Å². The first-order valence-corrected chi connectivity index (χ1v) is 5.78. The van der Waals surface area contributed by atoms with Crippen molar-refractivity contribution in [2.24, 2.45) is 5.73 Å². The highest BCUT2D eigenvalue weighted by atomic mass is 79.9. The van der Waals surface area contributed by atoms with E-state index in [1.807, 2.05) is 6.92 Å². The van der Waals surface area contributed by atoms with Gasteiger partial charge in [0.05, 0.1) is 4.92 Å². The molecule has 0 fully saturated rings. The standard InChI is InChI=1S/C10H14BrN3O2/c1-2-8(6-12)13-9-4-3-7(11)5-10(9)14(15)16/h3-5,8,13H,2,6,12H2,1H3. The predicted octanol–water partition coefficient (Wildman–Crippen LogP) is 2.51. The molecule has 0 aliphatic heterocycles. The molecule has 88 valence electrons. The second-order valence-electron chi connectivity index (χ2n) is 3.40. The molecule has 0 saturated heterocycles. The lowest BCUT2D eigenvalue weighted by molar-refractivity contribution is -0.384. The normalized spacial score (nSPS) is 12.2. The highest BCUT2D eigenvalue weighted by molar-refractivity contribution is 9.10. The summed E-state index contributed by atoms with van der Waals surface area (Å²) in [6.45, 7) is 2.43. The van der Waals surface area contributed by atoms with Crippen molar-refractivity contribution in [3.63, 3.8) is 0 Å². The molecule has 0 spiro atoms. The van der Waals surface area contributed by atoms with Gasteiger partial charge in [-0.25, -0.2) is 0 Å². The van der Waals surface area contributed by atoms with Crippen LogP contribution >= 0.6 is 15.9 Å². The first kappa shape index (κ1) is 12.9. The monoisotopic (exact) mass is 287 g/mol. The molecule has 16 heavy (non-hydrogen) atoms. The number of anilines is 1. The van der Waals surface area contributed by atoms with Crippen LogP contribution in [0.1, 0.15) is 13.3 Å². The number of nitro groups is 1. The lowest BCUT2D eigenvalue weighted by Crippen LogP contribution is -2.28. The van der Waals surface area contributed by atoms with E-state index in [-0.39, 0.29) is 11.7 Å². The van der Waals surface area contributed by atoms with Crippen LogP contribution in [0.5, 0.6) is 0 Å². The van der Waals surface area contributed by atoms with Gasteiger partial charge in [-0.3, -0.25) is 10.1 Å². The van der Waals surface area contributed by atoms with Crippen molar-refractivity contribution in [2.75, 3.05) is 11.9 Å². The Hall–Kier alpha value is -1.14. The quantitative estimate of drug-likeness (QED) is 0.644. The number of nitro benzene ring substituents is 1.